The lowest BCUT2D eigenvalue weighted by atomic mass is 10.0. The van der Waals surface area contributed by atoms with E-state index in [4.69, 9.17) is 15.9 Å². The number of aryl methyl sites for hydroxylation is 1. The molecule has 0 aliphatic rings. The van der Waals surface area contributed by atoms with Gasteiger partial charge in [-0.1, -0.05) is 66.6 Å². The summed E-state index contributed by atoms with van der Waals surface area (Å²) in [6.45, 7) is 0.153. The Morgan fingerprint density at radius 2 is 1.75 bits per heavy atom. The molecule has 5 heteroatoms. The first-order chi connectivity index (χ1) is 15.6. The molecule has 1 N–H and O–H groups in total. The van der Waals surface area contributed by atoms with Crippen molar-refractivity contribution in [1.82, 2.24) is 5.32 Å². The van der Waals surface area contributed by atoms with Crippen molar-refractivity contribution in [2.75, 3.05) is 13.7 Å². The molecule has 3 aromatic rings. The van der Waals surface area contributed by atoms with Crippen LogP contribution in [0.1, 0.15) is 23.6 Å². The number of nitrogens with zero attached hydrogens (tertiary/aromatic N) is 1. The molecule has 0 saturated carbocycles. The van der Waals surface area contributed by atoms with Crippen LogP contribution in [0.15, 0.2) is 72.8 Å². The quantitative estimate of drug-likeness (QED) is 0.506. The van der Waals surface area contributed by atoms with Crippen LogP contribution in [0.4, 0.5) is 0 Å². The zero-order chi connectivity index (χ0) is 22.8. The van der Waals surface area contributed by atoms with Gasteiger partial charge in [0.1, 0.15) is 12.6 Å². The Labute approximate surface area is 188 Å². The molecule has 0 fully saturated rings. The van der Waals surface area contributed by atoms with Crippen molar-refractivity contribution in [2.45, 2.75) is 18.9 Å². The normalized spacial score (nSPS) is 11.0. The van der Waals surface area contributed by atoms with Crippen molar-refractivity contribution in [1.29, 1.82) is 5.26 Å². The van der Waals surface area contributed by atoms with Gasteiger partial charge >= 0.3 is 0 Å². The van der Waals surface area contributed by atoms with Crippen molar-refractivity contribution in [2.24, 2.45) is 0 Å². The van der Waals surface area contributed by atoms with Crippen molar-refractivity contribution >= 4 is 5.91 Å². The van der Waals surface area contributed by atoms with Gasteiger partial charge in [-0.2, -0.15) is 5.26 Å². The minimum Gasteiger partial charge on any atom is -0.493 e. The average Bonchev–Trinajstić information content (AvgIpc) is 2.85. The molecule has 1 unspecified atom stereocenters. The maximum atomic E-state index is 12.5. The predicted molar refractivity (Wildman–Crippen MR) is 124 cm³/mol. The number of nitriles is 1. The first-order valence-electron chi connectivity index (χ1n) is 10.2. The average molecular weight is 425 g/mol. The van der Waals surface area contributed by atoms with Gasteiger partial charge in [0, 0.05) is 6.42 Å². The summed E-state index contributed by atoms with van der Waals surface area (Å²) < 4.78 is 10.8. The summed E-state index contributed by atoms with van der Waals surface area (Å²) in [7, 11) is 1.55. The van der Waals surface area contributed by atoms with Gasteiger partial charge in [0.25, 0.3) is 0 Å². The molecule has 0 heterocycles. The van der Waals surface area contributed by atoms with Gasteiger partial charge in [0.15, 0.2) is 11.5 Å². The summed E-state index contributed by atoms with van der Waals surface area (Å²) in [6, 6.07) is 24.6. The van der Waals surface area contributed by atoms with Crippen molar-refractivity contribution < 1.29 is 14.3 Å². The summed E-state index contributed by atoms with van der Waals surface area (Å²) in [5.41, 5.74) is 3.83. The molecule has 160 valence electrons. The number of ether oxygens (including phenoxy) is 2. The van der Waals surface area contributed by atoms with E-state index in [9.17, 15) is 10.1 Å². The SMILES string of the molecule is C#CCOc1ccc(CCC(=O)NC(C#N)c2ccc(-c3ccccc3)cc2)cc1OC. The highest BCUT2D eigenvalue weighted by Crippen LogP contribution is 2.28. The molecule has 0 saturated heterocycles. The summed E-state index contributed by atoms with van der Waals surface area (Å²) >= 11 is 0. The number of benzene rings is 3. The summed E-state index contributed by atoms with van der Waals surface area (Å²) in [5.74, 6) is 3.33. The molecule has 1 amide bonds. The lowest BCUT2D eigenvalue weighted by Crippen LogP contribution is -2.27. The van der Waals surface area contributed by atoms with Crippen LogP contribution in [-0.2, 0) is 11.2 Å². The third-order valence-electron chi connectivity index (χ3n) is 4.97. The van der Waals surface area contributed by atoms with E-state index in [0.717, 1.165) is 22.3 Å². The maximum Gasteiger partial charge on any atom is 0.221 e. The maximum absolute atomic E-state index is 12.5. The number of carbonyl (C=O) groups is 1. The van der Waals surface area contributed by atoms with Crippen LogP contribution in [0.2, 0.25) is 0 Å². The molecule has 0 bridgehead atoms. The molecular formula is C27H24N2O3. The number of amides is 1. The molecular weight excluding hydrogens is 400 g/mol. The smallest absolute Gasteiger partial charge is 0.221 e. The van der Waals surface area contributed by atoms with E-state index in [2.05, 4.69) is 17.3 Å². The molecule has 32 heavy (non-hydrogen) atoms. The van der Waals surface area contributed by atoms with Crippen LogP contribution in [0.3, 0.4) is 0 Å². The first kappa shape index (κ1) is 22.5. The molecule has 0 aliphatic heterocycles. The fourth-order valence-electron chi connectivity index (χ4n) is 3.29. The van der Waals surface area contributed by atoms with E-state index in [1.807, 2.05) is 66.7 Å². The summed E-state index contributed by atoms with van der Waals surface area (Å²) in [4.78, 5) is 12.5. The number of hydrogen-bond donors (Lipinski definition) is 1. The van der Waals surface area contributed by atoms with E-state index in [0.29, 0.717) is 17.9 Å². The number of terminal acetylenes is 1. The topological polar surface area (TPSA) is 71.3 Å². The van der Waals surface area contributed by atoms with Crippen LogP contribution in [0.5, 0.6) is 11.5 Å². The summed E-state index contributed by atoms with van der Waals surface area (Å²) in [6.07, 6.45) is 5.97. The van der Waals surface area contributed by atoms with Crippen molar-refractivity contribution in [3.8, 4) is 41.0 Å². The number of nitrogens with one attached hydrogen (secondary N) is 1. The van der Waals surface area contributed by atoms with Gasteiger partial charge in [-0.05, 0) is 40.8 Å². The van der Waals surface area contributed by atoms with Crippen molar-refractivity contribution in [3.63, 3.8) is 0 Å². The zero-order valence-corrected chi connectivity index (χ0v) is 17.9. The van der Waals surface area contributed by atoms with Crippen molar-refractivity contribution in [3.05, 3.63) is 83.9 Å². The lowest BCUT2D eigenvalue weighted by molar-refractivity contribution is -0.121. The Morgan fingerprint density at radius 1 is 1.03 bits per heavy atom. The fourth-order valence-corrected chi connectivity index (χ4v) is 3.29. The van der Waals surface area contributed by atoms with Crippen LogP contribution in [0.25, 0.3) is 11.1 Å². The Kier molecular flexibility index (Phi) is 7.90. The number of carbonyl (C=O) groups excluding carboxylic acids is 1. The van der Waals surface area contributed by atoms with Gasteiger partial charge in [0.05, 0.1) is 13.2 Å². The predicted octanol–water partition coefficient (Wildman–Crippen LogP) is 4.69. The van der Waals surface area contributed by atoms with E-state index in [-0.39, 0.29) is 18.9 Å². The standard InChI is InChI=1S/C27H24N2O3/c1-3-17-32-25-15-9-20(18-26(25)31-2)10-16-27(30)29-24(19-28)23-13-11-22(12-14-23)21-7-5-4-6-8-21/h1,4-9,11-15,18,24H,10,16-17H2,2H3,(H,29,30). The highest BCUT2D eigenvalue weighted by atomic mass is 16.5. The third-order valence-corrected chi connectivity index (χ3v) is 4.97. The minimum atomic E-state index is -0.707. The Bertz CT molecular complexity index is 1130. The third kappa shape index (κ3) is 5.90. The van der Waals surface area contributed by atoms with Gasteiger partial charge in [-0.15, -0.1) is 6.42 Å². The molecule has 1 atom stereocenters. The van der Waals surface area contributed by atoms with Gasteiger partial charge in [-0.25, -0.2) is 0 Å². The molecule has 3 rings (SSSR count). The van der Waals surface area contributed by atoms with E-state index in [1.54, 1.807) is 13.2 Å². The molecule has 5 nitrogen and oxygen atoms in total. The Balaban J connectivity index is 1.59. The minimum absolute atomic E-state index is 0.153. The molecule has 0 spiro atoms. The molecule has 0 aromatic heterocycles. The van der Waals surface area contributed by atoms with Crippen LogP contribution in [-0.4, -0.2) is 19.6 Å². The largest absolute Gasteiger partial charge is 0.493 e. The first-order valence-corrected chi connectivity index (χ1v) is 10.2. The zero-order valence-electron chi connectivity index (χ0n) is 17.9. The van der Waals surface area contributed by atoms with Crippen LogP contribution < -0.4 is 14.8 Å². The molecule has 0 aliphatic carbocycles. The highest BCUT2D eigenvalue weighted by molar-refractivity contribution is 5.77. The second-order valence-corrected chi connectivity index (χ2v) is 7.10. The van der Waals surface area contributed by atoms with E-state index >= 15 is 0 Å². The van der Waals surface area contributed by atoms with Crippen LogP contribution in [0, 0.1) is 23.7 Å². The number of hydrogen-bond acceptors (Lipinski definition) is 4. The highest BCUT2D eigenvalue weighted by Gasteiger charge is 2.14. The van der Waals surface area contributed by atoms with Gasteiger partial charge < -0.3 is 14.8 Å². The monoisotopic (exact) mass is 424 g/mol. The lowest BCUT2D eigenvalue weighted by Gasteiger charge is -2.13. The van der Waals surface area contributed by atoms with Gasteiger partial charge in [-0.3, -0.25) is 4.79 Å². The van der Waals surface area contributed by atoms with Crippen LogP contribution >= 0.6 is 0 Å². The second kappa shape index (κ2) is 11.2. The van der Waals surface area contributed by atoms with E-state index in [1.165, 1.54) is 0 Å². The van der Waals surface area contributed by atoms with E-state index < -0.39 is 6.04 Å². The Hall–Kier alpha value is -4.22. The Morgan fingerprint density at radius 3 is 2.41 bits per heavy atom. The fraction of sp³-hybridized carbons (Fsp3) is 0.185. The number of rotatable bonds is 9. The van der Waals surface area contributed by atoms with Gasteiger partial charge in [0.2, 0.25) is 5.91 Å². The number of methoxy groups -OCH3 is 1. The molecule has 3 aromatic carbocycles. The molecule has 0 radical (unpaired) electrons. The second-order valence-electron chi connectivity index (χ2n) is 7.10. The summed E-state index contributed by atoms with van der Waals surface area (Å²) in [5, 5.41) is 12.4.